The fourth-order valence-corrected chi connectivity index (χ4v) is 2.49. The van der Waals surface area contributed by atoms with Gasteiger partial charge in [-0.05, 0) is 30.2 Å². The van der Waals surface area contributed by atoms with E-state index in [2.05, 4.69) is 26.6 Å². The Hall–Kier alpha value is -2.05. The van der Waals surface area contributed by atoms with Crippen LogP contribution in [0.4, 0.5) is 16.2 Å². The average molecular weight is 365 g/mol. The van der Waals surface area contributed by atoms with E-state index in [1.54, 1.807) is 31.4 Å². The molecule has 0 aliphatic heterocycles. The molecular formula is C16H17BrN2O3. The zero-order valence-corrected chi connectivity index (χ0v) is 13.7. The summed E-state index contributed by atoms with van der Waals surface area (Å²) in [5.74, 6) is 0.644. The van der Waals surface area contributed by atoms with Crippen molar-refractivity contribution in [2.45, 2.75) is 6.42 Å². The molecule has 0 spiro atoms. The van der Waals surface area contributed by atoms with Gasteiger partial charge >= 0.3 is 6.03 Å². The molecule has 0 aromatic heterocycles. The Labute approximate surface area is 137 Å². The standard InChI is InChI=1S/C16H17BrN2O3/c1-22-14-9-12(17)8-13(10-14)18-16(21)19-15-5-3-2-4-11(15)6-7-20/h2-5,8-10,20H,6-7H2,1H3,(H2,18,19,21). The lowest BCUT2D eigenvalue weighted by Crippen LogP contribution is -2.20. The molecule has 2 amide bonds. The molecule has 0 bridgehead atoms. The monoisotopic (exact) mass is 364 g/mol. The third kappa shape index (κ3) is 4.47. The molecule has 0 aliphatic rings. The molecule has 2 rings (SSSR count). The van der Waals surface area contributed by atoms with Gasteiger partial charge in [0, 0.05) is 28.5 Å². The van der Waals surface area contributed by atoms with Gasteiger partial charge in [-0.15, -0.1) is 0 Å². The molecule has 116 valence electrons. The van der Waals surface area contributed by atoms with Crippen molar-refractivity contribution in [1.82, 2.24) is 0 Å². The van der Waals surface area contributed by atoms with Crippen molar-refractivity contribution < 1.29 is 14.6 Å². The van der Waals surface area contributed by atoms with Gasteiger partial charge in [-0.1, -0.05) is 34.1 Å². The molecule has 0 saturated carbocycles. The lowest BCUT2D eigenvalue weighted by atomic mass is 10.1. The summed E-state index contributed by atoms with van der Waals surface area (Å²) >= 11 is 3.36. The zero-order chi connectivity index (χ0) is 15.9. The normalized spacial score (nSPS) is 10.1. The van der Waals surface area contributed by atoms with E-state index in [9.17, 15) is 4.79 Å². The maximum absolute atomic E-state index is 12.1. The third-order valence-corrected chi connectivity index (χ3v) is 3.47. The number of ether oxygens (including phenoxy) is 1. The fourth-order valence-electron chi connectivity index (χ4n) is 2.02. The average Bonchev–Trinajstić information content (AvgIpc) is 2.48. The molecule has 0 heterocycles. The number of benzene rings is 2. The second kappa shape index (κ2) is 7.82. The topological polar surface area (TPSA) is 70.6 Å². The summed E-state index contributed by atoms with van der Waals surface area (Å²) < 4.78 is 5.97. The summed E-state index contributed by atoms with van der Waals surface area (Å²) in [4.78, 5) is 12.1. The number of hydrogen-bond acceptors (Lipinski definition) is 3. The second-order valence-corrected chi connectivity index (χ2v) is 5.51. The molecule has 5 nitrogen and oxygen atoms in total. The Morgan fingerprint density at radius 1 is 1.23 bits per heavy atom. The van der Waals surface area contributed by atoms with Crippen LogP contribution in [0.2, 0.25) is 0 Å². The number of rotatable bonds is 5. The van der Waals surface area contributed by atoms with Crippen molar-refractivity contribution in [1.29, 1.82) is 0 Å². The molecule has 2 aromatic carbocycles. The molecule has 0 radical (unpaired) electrons. The van der Waals surface area contributed by atoms with E-state index in [0.717, 1.165) is 10.0 Å². The van der Waals surface area contributed by atoms with Gasteiger partial charge in [0.05, 0.1) is 7.11 Å². The van der Waals surface area contributed by atoms with Crippen LogP contribution in [0.5, 0.6) is 5.75 Å². The van der Waals surface area contributed by atoms with E-state index in [4.69, 9.17) is 9.84 Å². The number of amides is 2. The number of urea groups is 1. The predicted molar refractivity (Wildman–Crippen MR) is 90.6 cm³/mol. The summed E-state index contributed by atoms with van der Waals surface area (Å²) in [5, 5.41) is 14.6. The molecule has 22 heavy (non-hydrogen) atoms. The summed E-state index contributed by atoms with van der Waals surface area (Å²) in [6.45, 7) is 0.0309. The van der Waals surface area contributed by atoms with Crippen LogP contribution in [-0.4, -0.2) is 24.9 Å². The smallest absolute Gasteiger partial charge is 0.323 e. The van der Waals surface area contributed by atoms with E-state index < -0.39 is 0 Å². The van der Waals surface area contributed by atoms with Crippen molar-refractivity contribution in [3.8, 4) is 5.75 Å². The van der Waals surface area contributed by atoms with Crippen LogP contribution in [0.3, 0.4) is 0 Å². The Kier molecular flexibility index (Phi) is 5.80. The maximum Gasteiger partial charge on any atom is 0.323 e. The predicted octanol–water partition coefficient (Wildman–Crippen LogP) is 3.64. The summed E-state index contributed by atoms with van der Waals surface area (Å²) in [7, 11) is 1.57. The quantitative estimate of drug-likeness (QED) is 0.758. The number of methoxy groups -OCH3 is 1. The van der Waals surface area contributed by atoms with Crippen LogP contribution in [0, 0.1) is 0 Å². The molecular weight excluding hydrogens is 348 g/mol. The first-order chi connectivity index (χ1) is 10.6. The number of nitrogens with one attached hydrogen (secondary N) is 2. The number of anilines is 2. The van der Waals surface area contributed by atoms with Crippen LogP contribution in [-0.2, 0) is 6.42 Å². The number of aliphatic hydroxyl groups excluding tert-OH is 1. The van der Waals surface area contributed by atoms with Crippen molar-refractivity contribution >= 4 is 33.3 Å². The SMILES string of the molecule is COc1cc(Br)cc(NC(=O)Nc2ccccc2CCO)c1. The Bertz CT molecular complexity index is 662. The first-order valence-electron chi connectivity index (χ1n) is 6.73. The largest absolute Gasteiger partial charge is 0.497 e. The van der Waals surface area contributed by atoms with Gasteiger partial charge in [0.1, 0.15) is 5.75 Å². The number of carbonyl (C=O) groups excluding carboxylic acids is 1. The van der Waals surface area contributed by atoms with Crippen LogP contribution >= 0.6 is 15.9 Å². The minimum atomic E-state index is -0.356. The molecule has 0 saturated heterocycles. The van der Waals surface area contributed by atoms with Crippen molar-refractivity contribution in [2.75, 3.05) is 24.4 Å². The number of halogens is 1. The summed E-state index contributed by atoms with van der Waals surface area (Å²) in [6, 6.07) is 12.3. The van der Waals surface area contributed by atoms with Gasteiger partial charge in [0.25, 0.3) is 0 Å². The Morgan fingerprint density at radius 3 is 2.73 bits per heavy atom. The maximum atomic E-state index is 12.1. The van der Waals surface area contributed by atoms with Gasteiger partial charge in [-0.2, -0.15) is 0 Å². The first kappa shape index (κ1) is 16.3. The lowest BCUT2D eigenvalue weighted by Gasteiger charge is -2.12. The van der Waals surface area contributed by atoms with E-state index in [1.807, 2.05) is 18.2 Å². The summed E-state index contributed by atoms with van der Waals surface area (Å²) in [5.41, 5.74) is 2.17. The summed E-state index contributed by atoms with van der Waals surface area (Å²) in [6.07, 6.45) is 0.487. The number of aliphatic hydroxyl groups is 1. The van der Waals surface area contributed by atoms with Crippen LogP contribution < -0.4 is 15.4 Å². The van der Waals surface area contributed by atoms with Gasteiger partial charge in [0.15, 0.2) is 0 Å². The highest BCUT2D eigenvalue weighted by Crippen LogP contribution is 2.24. The zero-order valence-electron chi connectivity index (χ0n) is 12.1. The first-order valence-corrected chi connectivity index (χ1v) is 7.53. The fraction of sp³-hybridized carbons (Fsp3) is 0.188. The van der Waals surface area contributed by atoms with Crippen molar-refractivity contribution in [3.63, 3.8) is 0 Å². The van der Waals surface area contributed by atoms with Gasteiger partial charge in [-0.25, -0.2) is 4.79 Å². The second-order valence-electron chi connectivity index (χ2n) is 4.59. The number of carbonyl (C=O) groups is 1. The minimum Gasteiger partial charge on any atom is -0.497 e. The lowest BCUT2D eigenvalue weighted by molar-refractivity contribution is 0.262. The van der Waals surface area contributed by atoms with E-state index in [-0.39, 0.29) is 12.6 Å². The number of para-hydroxylation sites is 1. The van der Waals surface area contributed by atoms with Crippen LogP contribution in [0.1, 0.15) is 5.56 Å². The van der Waals surface area contributed by atoms with E-state index in [0.29, 0.717) is 23.5 Å². The van der Waals surface area contributed by atoms with Crippen molar-refractivity contribution in [2.24, 2.45) is 0 Å². The van der Waals surface area contributed by atoms with Gasteiger partial charge < -0.3 is 20.5 Å². The van der Waals surface area contributed by atoms with E-state index >= 15 is 0 Å². The van der Waals surface area contributed by atoms with Crippen molar-refractivity contribution in [3.05, 3.63) is 52.5 Å². The molecule has 6 heteroatoms. The Morgan fingerprint density at radius 2 is 2.00 bits per heavy atom. The highest BCUT2D eigenvalue weighted by molar-refractivity contribution is 9.10. The highest BCUT2D eigenvalue weighted by atomic mass is 79.9. The molecule has 2 aromatic rings. The van der Waals surface area contributed by atoms with Crippen LogP contribution in [0.25, 0.3) is 0 Å². The molecule has 0 fully saturated rings. The van der Waals surface area contributed by atoms with Gasteiger partial charge in [-0.3, -0.25) is 0 Å². The third-order valence-electron chi connectivity index (χ3n) is 3.01. The molecule has 3 N–H and O–H groups in total. The van der Waals surface area contributed by atoms with Crippen LogP contribution in [0.15, 0.2) is 46.9 Å². The minimum absolute atomic E-state index is 0.0309. The molecule has 0 aliphatic carbocycles. The molecule has 0 atom stereocenters. The van der Waals surface area contributed by atoms with E-state index in [1.165, 1.54) is 0 Å². The highest BCUT2D eigenvalue weighted by Gasteiger charge is 2.08. The number of hydrogen-bond donors (Lipinski definition) is 3. The Balaban J connectivity index is 2.09. The van der Waals surface area contributed by atoms with Gasteiger partial charge in [0.2, 0.25) is 0 Å². The molecule has 0 unspecified atom stereocenters.